The van der Waals surface area contributed by atoms with Crippen molar-refractivity contribution in [2.24, 2.45) is 10.1 Å². The highest BCUT2D eigenvalue weighted by molar-refractivity contribution is 7.10. The number of benzene rings is 2. The van der Waals surface area contributed by atoms with Gasteiger partial charge in [0.25, 0.3) is 0 Å². The Bertz CT molecular complexity index is 2230. The summed E-state index contributed by atoms with van der Waals surface area (Å²) in [7, 11) is 1.54. The van der Waals surface area contributed by atoms with Gasteiger partial charge in [-0.05, 0) is 70.3 Å². The number of aromatic nitrogens is 2. The fourth-order valence-electron chi connectivity index (χ4n) is 6.19. The molecule has 2 aromatic carbocycles. The van der Waals surface area contributed by atoms with E-state index < -0.39 is 57.6 Å². The third-order valence-corrected chi connectivity index (χ3v) is 10.00. The fraction of sp³-hybridized carbons (Fsp3) is 0.350. The molecular weight excluding hydrogens is 810 g/mol. The second-order valence-electron chi connectivity index (χ2n) is 14.6. The number of thiazole rings is 1. The van der Waals surface area contributed by atoms with Crippen LogP contribution in [0, 0.1) is 23.0 Å². The SMILES string of the molecule is CC(=O)OC(c1cccnc1NC(=O)OCC[N+]1(C[C@](O)(c2cc(F)ccc2F)[C@@H](C)c2nc(-c3ccc(C#N)cc3)cs2)C=NC=N1)N(C)CC(=O)OC(C)(C)C.[Cl-]. The molecule has 2 unspecified atom stereocenters. The molecule has 4 aromatic rings. The maximum absolute atomic E-state index is 15.6. The molecule has 0 radical (unpaired) electrons. The van der Waals surface area contributed by atoms with Gasteiger partial charge >= 0.3 is 18.0 Å². The number of nitrogens with one attached hydrogen (secondary N) is 1. The van der Waals surface area contributed by atoms with Crippen molar-refractivity contribution in [3.63, 3.8) is 0 Å². The third-order valence-electron chi connectivity index (χ3n) is 8.97. The molecule has 0 fully saturated rings. The van der Waals surface area contributed by atoms with Crippen molar-refractivity contribution in [2.45, 2.75) is 58.0 Å². The number of quaternary nitrogens is 1. The molecule has 59 heavy (non-hydrogen) atoms. The van der Waals surface area contributed by atoms with Crippen molar-refractivity contribution in [1.29, 1.82) is 5.26 Å². The topological polar surface area (TPSA) is 189 Å². The summed E-state index contributed by atoms with van der Waals surface area (Å²) in [4.78, 5) is 52.4. The summed E-state index contributed by atoms with van der Waals surface area (Å²) >= 11 is 1.22. The molecule has 4 atom stereocenters. The molecule has 312 valence electrons. The number of rotatable bonds is 15. The lowest BCUT2D eigenvalue weighted by molar-refractivity contribution is -0.848. The van der Waals surface area contributed by atoms with Gasteiger partial charge in [-0.1, -0.05) is 24.2 Å². The molecule has 3 heterocycles. The zero-order valence-corrected chi connectivity index (χ0v) is 34.6. The van der Waals surface area contributed by atoms with Gasteiger partial charge in [-0.25, -0.2) is 23.5 Å². The lowest BCUT2D eigenvalue weighted by atomic mass is 9.81. The van der Waals surface area contributed by atoms with Crippen LogP contribution in [0.4, 0.5) is 19.4 Å². The summed E-state index contributed by atoms with van der Waals surface area (Å²) in [6.45, 7) is 6.96. The highest BCUT2D eigenvalue weighted by atomic mass is 35.5. The molecule has 2 aromatic heterocycles. The first-order chi connectivity index (χ1) is 27.4. The van der Waals surface area contributed by atoms with Crippen LogP contribution < -0.4 is 17.7 Å². The normalized spacial score (nSPS) is 16.6. The summed E-state index contributed by atoms with van der Waals surface area (Å²) in [5, 5.41) is 30.9. The van der Waals surface area contributed by atoms with Gasteiger partial charge < -0.3 is 31.7 Å². The zero-order valence-electron chi connectivity index (χ0n) is 33.1. The smallest absolute Gasteiger partial charge is 0.413 e. The van der Waals surface area contributed by atoms with E-state index in [1.165, 1.54) is 49.1 Å². The van der Waals surface area contributed by atoms with Crippen molar-refractivity contribution in [3.8, 4) is 17.3 Å². The van der Waals surface area contributed by atoms with Crippen LogP contribution in [0.25, 0.3) is 11.3 Å². The Morgan fingerprint density at radius 1 is 1.12 bits per heavy atom. The van der Waals surface area contributed by atoms with E-state index in [2.05, 4.69) is 26.5 Å². The van der Waals surface area contributed by atoms with E-state index in [4.69, 9.17) is 19.2 Å². The number of hydrogen-bond acceptors (Lipinski definition) is 14. The average molecular weight is 853 g/mol. The van der Waals surface area contributed by atoms with Gasteiger partial charge in [-0.2, -0.15) is 10.3 Å². The van der Waals surface area contributed by atoms with E-state index in [0.717, 1.165) is 23.8 Å². The number of anilines is 1. The Morgan fingerprint density at radius 3 is 2.49 bits per heavy atom. The number of likely N-dealkylation sites (N-methyl/N-ethyl adjacent to an activating group) is 1. The van der Waals surface area contributed by atoms with Crippen LogP contribution in [-0.2, 0) is 29.4 Å². The molecule has 0 aliphatic carbocycles. The largest absolute Gasteiger partial charge is 1.00 e. The van der Waals surface area contributed by atoms with Crippen LogP contribution >= 0.6 is 11.3 Å². The molecule has 5 rings (SSSR count). The molecule has 2 N–H and O–H groups in total. The summed E-state index contributed by atoms with van der Waals surface area (Å²) in [6, 6.07) is 14.8. The van der Waals surface area contributed by atoms with E-state index in [1.54, 1.807) is 69.5 Å². The number of ether oxygens (including phenoxy) is 3. The second kappa shape index (κ2) is 19.4. The molecule has 0 saturated carbocycles. The van der Waals surface area contributed by atoms with Crippen molar-refractivity contribution in [3.05, 3.63) is 99.5 Å². The summed E-state index contributed by atoms with van der Waals surface area (Å²) in [5.41, 5.74) is -1.23. The number of nitriles is 1. The lowest BCUT2D eigenvalue weighted by Gasteiger charge is -2.38. The van der Waals surface area contributed by atoms with Crippen molar-refractivity contribution < 1.29 is 59.5 Å². The van der Waals surface area contributed by atoms with E-state index in [9.17, 15) is 29.1 Å². The summed E-state index contributed by atoms with van der Waals surface area (Å²) < 4.78 is 46.3. The number of nitrogens with zero attached hydrogens (tertiary/aromatic N) is 7. The second-order valence-corrected chi connectivity index (χ2v) is 15.4. The van der Waals surface area contributed by atoms with Crippen molar-refractivity contribution in [2.75, 3.05) is 38.6 Å². The maximum Gasteiger partial charge on any atom is 0.413 e. The quantitative estimate of drug-likeness (QED) is 0.0774. The monoisotopic (exact) mass is 852 g/mol. The van der Waals surface area contributed by atoms with E-state index >= 15 is 4.39 Å². The van der Waals surface area contributed by atoms with E-state index in [0.29, 0.717) is 16.3 Å². The predicted molar refractivity (Wildman–Crippen MR) is 210 cm³/mol. The van der Waals surface area contributed by atoms with Crippen LogP contribution in [0.1, 0.15) is 68.5 Å². The molecule has 15 nitrogen and oxygen atoms in total. The molecular formula is C40H43ClF2N8O7S. The van der Waals surface area contributed by atoms with Gasteiger partial charge in [0, 0.05) is 35.5 Å². The molecule has 19 heteroatoms. The highest BCUT2D eigenvalue weighted by Crippen LogP contribution is 2.42. The van der Waals surface area contributed by atoms with Gasteiger partial charge in [-0.15, -0.1) is 15.9 Å². The summed E-state index contributed by atoms with van der Waals surface area (Å²) in [6.07, 6.45) is 1.92. The average Bonchev–Trinajstić information content (AvgIpc) is 3.84. The number of carbonyl (C=O) groups excluding carboxylic acids is 3. The summed E-state index contributed by atoms with van der Waals surface area (Å²) in [5.74, 6) is -3.81. The Kier molecular flexibility index (Phi) is 15.1. The Morgan fingerprint density at radius 2 is 1.85 bits per heavy atom. The first-order valence-electron chi connectivity index (χ1n) is 18.0. The molecule has 0 spiro atoms. The number of esters is 2. The highest BCUT2D eigenvalue weighted by Gasteiger charge is 2.49. The van der Waals surface area contributed by atoms with Gasteiger partial charge in [0.2, 0.25) is 6.34 Å². The van der Waals surface area contributed by atoms with Crippen LogP contribution in [0.15, 0.2) is 76.3 Å². The number of amides is 1. The number of aliphatic hydroxyl groups is 1. The third kappa shape index (κ3) is 11.7. The standard InChI is InChI=1S/C40H42F2N8O7S.ClH/c1-25(36-47-33(21-58-36)28-11-9-27(19-43)10-12-28)40(54,31-18-29(41)13-14-32(31)42)22-50(24-44-23-46-50)16-17-55-38(53)48-35-30(8-7-15-45-35)37(56-26(2)51)49(6)20-34(52)57-39(3,4)5;/h7-15,18,21,23-25,37,54H,16-17,20,22H2,1-6H3;1H/t25-,37?,40+,50?;/m0./s1. The number of carbonyl (C=O) groups is 3. The predicted octanol–water partition coefficient (Wildman–Crippen LogP) is 3.24. The number of halogens is 3. The first-order valence-corrected chi connectivity index (χ1v) is 18.9. The van der Waals surface area contributed by atoms with E-state index in [-0.39, 0.29) is 55.6 Å². The number of hydrogen-bond donors (Lipinski definition) is 2. The lowest BCUT2D eigenvalue weighted by Crippen LogP contribution is -3.00. The molecule has 0 bridgehead atoms. The van der Waals surface area contributed by atoms with Gasteiger partial charge in [-0.3, -0.25) is 19.8 Å². The van der Waals surface area contributed by atoms with Gasteiger partial charge in [0.05, 0.1) is 34.4 Å². The minimum Gasteiger partial charge on any atom is -1.00 e. The zero-order chi connectivity index (χ0) is 42.3. The Labute approximate surface area is 350 Å². The molecule has 1 aliphatic rings. The molecule has 0 saturated heterocycles. The van der Waals surface area contributed by atoms with Crippen LogP contribution in [0.3, 0.4) is 0 Å². The minimum absolute atomic E-state index is 0. The Balaban J connectivity index is 0.00000769. The molecule has 1 amide bonds. The van der Waals surface area contributed by atoms with E-state index in [1.807, 2.05) is 0 Å². The van der Waals surface area contributed by atoms with Crippen molar-refractivity contribution in [1.82, 2.24) is 14.9 Å². The molecule has 1 aliphatic heterocycles. The van der Waals surface area contributed by atoms with Crippen LogP contribution in [0.5, 0.6) is 0 Å². The number of aliphatic imine (C=N–C) groups is 1. The van der Waals surface area contributed by atoms with Gasteiger partial charge in [0.1, 0.15) is 42.7 Å². The number of pyridine rings is 1. The van der Waals surface area contributed by atoms with Crippen LogP contribution in [-0.4, -0.2) is 94.2 Å². The van der Waals surface area contributed by atoms with Gasteiger partial charge in [0.15, 0.2) is 18.2 Å². The van der Waals surface area contributed by atoms with Crippen LogP contribution in [0.2, 0.25) is 0 Å². The van der Waals surface area contributed by atoms with Crippen molar-refractivity contribution >= 4 is 47.9 Å². The first kappa shape index (κ1) is 46.0. The Hall–Kier alpha value is -5.71. The maximum atomic E-state index is 15.6. The fourth-order valence-corrected chi connectivity index (χ4v) is 7.16. The minimum atomic E-state index is -2.14.